The number of anilines is 2. The van der Waals surface area contributed by atoms with Crippen molar-refractivity contribution in [3.8, 4) is 5.75 Å². The van der Waals surface area contributed by atoms with Gasteiger partial charge in [0, 0.05) is 31.2 Å². The van der Waals surface area contributed by atoms with E-state index in [1.165, 1.54) is 23.5 Å². The highest BCUT2D eigenvalue weighted by Gasteiger charge is 2.16. The van der Waals surface area contributed by atoms with E-state index in [1.807, 2.05) is 29.2 Å². The van der Waals surface area contributed by atoms with Gasteiger partial charge in [-0.05, 0) is 53.6 Å². The molecule has 4 aromatic rings. The van der Waals surface area contributed by atoms with Crippen molar-refractivity contribution in [1.82, 2.24) is 19.9 Å². The minimum Gasteiger partial charge on any atom is -0.487 e. The number of aromatic nitrogens is 2. The van der Waals surface area contributed by atoms with Crippen LogP contribution in [0.5, 0.6) is 5.75 Å². The van der Waals surface area contributed by atoms with Gasteiger partial charge in [-0.15, -0.1) is 0 Å². The lowest BCUT2D eigenvalue weighted by Gasteiger charge is -2.31. The molecule has 2 N–H and O–H groups in total. The number of fused-ring (bicyclic) bond motifs is 1. The normalized spacial score (nSPS) is 13.6. The average molecular weight is 548 g/mol. The summed E-state index contributed by atoms with van der Waals surface area (Å²) in [5.41, 5.74) is 3.03. The van der Waals surface area contributed by atoms with Crippen LogP contribution in [0.1, 0.15) is 11.1 Å². The molecule has 1 fully saturated rings. The third-order valence-corrected chi connectivity index (χ3v) is 6.43. The first-order valence-electron chi connectivity index (χ1n) is 12.3. The number of hydrazone groups is 1. The molecule has 9 nitrogen and oxygen atoms in total. The maximum absolute atomic E-state index is 13.4. The molecule has 0 spiro atoms. The molecule has 200 valence electrons. The fourth-order valence-electron chi connectivity index (χ4n) is 4.06. The summed E-state index contributed by atoms with van der Waals surface area (Å²) in [7, 11) is 1.75. The smallest absolute Gasteiger partial charge is 0.214 e. The van der Waals surface area contributed by atoms with Crippen molar-refractivity contribution in [3.63, 3.8) is 0 Å². The van der Waals surface area contributed by atoms with Crippen molar-refractivity contribution in [2.24, 2.45) is 5.10 Å². The van der Waals surface area contributed by atoms with Crippen molar-refractivity contribution >= 4 is 46.2 Å². The van der Waals surface area contributed by atoms with Gasteiger partial charge in [-0.3, -0.25) is 5.41 Å². The summed E-state index contributed by atoms with van der Waals surface area (Å²) in [5.74, 6) is 1.10. The number of hydrogen-bond donors (Lipinski definition) is 2. The van der Waals surface area contributed by atoms with Crippen LogP contribution in [0.3, 0.4) is 0 Å². The molecule has 3 aromatic carbocycles. The predicted molar refractivity (Wildman–Crippen MR) is 150 cm³/mol. The molecule has 0 radical (unpaired) electrons. The Balaban J connectivity index is 1.29. The van der Waals surface area contributed by atoms with Crippen LogP contribution in [-0.4, -0.2) is 65.4 Å². The fourth-order valence-corrected chi connectivity index (χ4v) is 4.30. The summed E-state index contributed by atoms with van der Waals surface area (Å²) in [6.45, 7) is 2.76. The van der Waals surface area contributed by atoms with E-state index in [0.29, 0.717) is 54.4 Å². The Hall–Kier alpha value is -4.28. The average Bonchev–Trinajstić information content (AvgIpc) is 2.96. The number of benzene rings is 3. The number of rotatable bonds is 7. The Kier molecular flexibility index (Phi) is 8.14. The van der Waals surface area contributed by atoms with E-state index >= 15 is 0 Å². The van der Waals surface area contributed by atoms with Crippen LogP contribution in [0.15, 0.2) is 72.1 Å². The Morgan fingerprint density at radius 2 is 2.03 bits per heavy atom. The molecule has 0 unspecified atom stereocenters. The van der Waals surface area contributed by atoms with Crippen molar-refractivity contribution < 1.29 is 13.9 Å². The van der Waals surface area contributed by atoms with Crippen LogP contribution in [0.2, 0.25) is 5.02 Å². The van der Waals surface area contributed by atoms with Gasteiger partial charge in [-0.2, -0.15) is 5.10 Å². The summed E-state index contributed by atoms with van der Waals surface area (Å²) in [5, 5.41) is 18.9. The van der Waals surface area contributed by atoms with Gasteiger partial charge in [-0.25, -0.2) is 19.4 Å². The van der Waals surface area contributed by atoms with Crippen LogP contribution in [0.25, 0.3) is 10.9 Å². The molecular formula is C28H27ClFN7O2. The van der Waals surface area contributed by atoms with Gasteiger partial charge in [0.2, 0.25) is 5.96 Å². The molecule has 1 aromatic heterocycles. The zero-order valence-corrected chi connectivity index (χ0v) is 22.0. The van der Waals surface area contributed by atoms with Gasteiger partial charge in [0.05, 0.1) is 30.0 Å². The number of nitrogens with zero attached hydrogens (tertiary/aromatic N) is 5. The first kappa shape index (κ1) is 26.3. The lowest BCUT2D eigenvalue weighted by molar-refractivity contribution is 0.0627. The molecule has 0 amide bonds. The van der Waals surface area contributed by atoms with Gasteiger partial charge in [0.25, 0.3) is 0 Å². The van der Waals surface area contributed by atoms with E-state index in [-0.39, 0.29) is 12.4 Å². The van der Waals surface area contributed by atoms with Crippen LogP contribution in [-0.2, 0) is 11.3 Å². The van der Waals surface area contributed by atoms with Gasteiger partial charge >= 0.3 is 0 Å². The zero-order chi connectivity index (χ0) is 27.2. The van der Waals surface area contributed by atoms with Crippen molar-refractivity contribution in [2.75, 3.05) is 38.7 Å². The maximum Gasteiger partial charge on any atom is 0.214 e. The van der Waals surface area contributed by atoms with Gasteiger partial charge in [0.15, 0.2) is 0 Å². The fraction of sp³-hybridized carbons (Fsp3) is 0.214. The minimum atomic E-state index is -0.312. The molecule has 39 heavy (non-hydrogen) atoms. The van der Waals surface area contributed by atoms with Crippen LogP contribution in [0.4, 0.5) is 15.9 Å². The Labute approximate surface area is 230 Å². The van der Waals surface area contributed by atoms with Crippen LogP contribution < -0.4 is 10.1 Å². The van der Waals surface area contributed by atoms with E-state index in [4.69, 9.17) is 26.5 Å². The minimum absolute atomic E-state index is 0.201. The number of morpholine rings is 1. The first-order valence-corrected chi connectivity index (χ1v) is 12.7. The summed E-state index contributed by atoms with van der Waals surface area (Å²) < 4.78 is 24.6. The van der Waals surface area contributed by atoms with Crippen LogP contribution in [0, 0.1) is 11.2 Å². The SMILES string of the molecule is CN(N=Cc1ccc2ncnc(Nc3ccc(OCc4cccc(F)c4)c(Cl)c3)c2c1)C(=N)N1CCOCC1. The second-order valence-corrected chi connectivity index (χ2v) is 9.29. The van der Waals surface area contributed by atoms with Gasteiger partial charge in [0.1, 0.15) is 30.3 Å². The maximum atomic E-state index is 13.4. The lowest BCUT2D eigenvalue weighted by Crippen LogP contribution is -2.45. The molecule has 1 aliphatic heterocycles. The molecule has 2 heterocycles. The van der Waals surface area contributed by atoms with Crippen LogP contribution >= 0.6 is 11.6 Å². The zero-order valence-electron chi connectivity index (χ0n) is 21.3. The summed E-state index contributed by atoms with van der Waals surface area (Å²) in [4.78, 5) is 10.7. The van der Waals surface area contributed by atoms with Crippen molar-refractivity contribution in [2.45, 2.75) is 6.61 Å². The van der Waals surface area contributed by atoms with Crippen molar-refractivity contribution in [1.29, 1.82) is 5.41 Å². The Morgan fingerprint density at radius 3 is 2.82 bits per heavy atom. The number of ether oxygens (including phenoxy) is 2. The van der Waals surface area contributed by atoms with E-state index in [0.717, 1.165) is 22.2 Å². The molecule has 0 atom stereocenters. The molecular weight excluding hydrogens is 521 g/mol. The third-order valence-electron chi connectivity index (χ3n) is 6.13. The van der Waals surface area contributed by atoms with Gasteiger partial charge < -0.3 is 19.7 Å². The Morgan fingerprint density at radius 1 is 1.18 bits per heavy atom. The molecule has 0 saturated carbocycles. The number of hydrogen-bond acceptors (Lipinski definition) is 7. The van der Waals surface area contributed by atoms with E-state index < -0.39 is 0 Å². The topological polar surface area (TPSA) is 99.0 Å². The molecule has 1 saturated heterocycles. The second-order valence-electron chi connectivity index (χ2n) is 8.88. The highest BCUT2D eigenvalue weighted by Crippen LogP contribution is 2.31. The number of nitrogens with one attached hydrogen (secondary N) is 2. The molecule has 0 aliphatic carbocycles. The molecule has 11 heteroatoms. The molecule has 1 aliphatic rings. The number of halogens is 2. The van der Waals surface area contributed by atoms with Crippen molar-refractivity contribution in [3.05, 3.63) is 89.0 Å². The third kappa shape index (κ3) is 6.60. The lowest BCUT2D eigenvalue weighted by atomic mass is 10.1. The second kappa shape index (κ2) is 12.1. The highest BCUT2D eigenvalue weighted by atomic mass is 35.5. The summed E-state index contributed by atoms with van der Waals surface area (Å²) in [6.07, 6.45) is 3.20. The van der Waals surface area contributed by atoms with E-state index in [9.17, 15) is 4.39 Å². The summed E-state index contributed by atoms with van der Waals surface area (Å²) >= 11 is 6.47. The van der Waals surface area contributed by atoms with E-state index in [1.54, 1.807) is 37.5 Å². The van der Waals surface area contributed by atoms with Gasteiger partial charge in [-0.1, -0.05) is 29.8 Å². The largest absolute Gasteiger partial charge is 0.487 e. The molecule has 5 rings (SSSR count). The number of guanidine groups is 1. The highest BCUT2D eigenvalue weighted by molar-refractivity contribution is 6.32. The predicted octanol–water partition coefficient (Wildman–Crippen LogP) is 5.28. The Bertz CT molecular complexity index is 1510. The standard InChI is InChI=1S/C28H27ClFN7O2/c1-36(28(31)37-9-11-38-12-10-37)34-16-19-5-7-25-23(14-19)27(33-18-32-25)35-22-6-8-26(24(29)15-22)39-17-20-3-2-4-21(30)13-20/h2-8,13-16,18,31H,9-12,17H2,1H3,(H,32,33,35). The quantitative estimate of drug-likeness (QED) is 0.184. The summed E-state index contributed by atoms with van der Waals surface area (Å²) in [6, 6.07) is 17.3. The first-order chi connectivity index (χ1) is 19.0. The molecule has 0 bridgehead atoms. The monoisotopic (exact) mass is 547 g/mol. The van der Waals surface area contributed by atoms with E-state index in [2.05, 4.69) is 20.4 Å².